The fourth-order valence-electron chi connectivity index (χ4n) is 2.71. The molecule has 0 aromatic heterocycles. The lowest BCUT2D eigenvalue weighted by atomic mass is 9.91. The number of benzene rings is 1. The van der Waals surface area contributed by atoms with Crippen LogP contribution in [0.5, 0.6) is 0 Å². The molecule has 0 heterocycles. The van der Waals surface area contributed by atoms with Crippen LogP contribution in [0.15, 0.2) is 30.3 Å². The Hall–Kier alpha value is -2.90. The van der Waals surface area contributed by atoms with E-state index in [1.54, 1.807) is 51.1 Å². The zero-order chi connectivity index (χ0) is 21.7. The summed E-state index contributed by atoms with van der Waals surface area (Å²) >= 11 is 0. The Morgan fingerprint density at radius 1 is 0.828 bits per heavy atom. The number of hydrogen-bond donors (Lipinski definition) is 1. The molecule has 0 atom stereocenters. The molecule has 0 saturated heterocycles. The number of hydrogen-bond acceptors (Lipinski definition) is 7. The number of rotatable bonds is 12. The molecule has 1 amide bonds. The van der Waals surface area contributed by atoms with Crippen molar-refractivity contribution in [1.82, 2.24) is 5.32 Å². The lowest BCUT2D eigenvalue weighted by Crippen LogP contribution is -2.61. The molecule has 0 spiro atoms. The van der Waals surface area contributed by atoms with E-state index in [2.05, 4.69) is 5.32 Å². The van der Waals surface area contributed by atoms with Crippen LogP contribution in [0.3, 0.4) is 0 Å². The summed E-state index contributed by atoms with van der Waals surface area (Å²) in [6.45, 7) is 5.26. The predicted molar refractivity (Wildman–Crippen MR) is 105 cm³/mol. The van der Waals surface area contributed by atoms with Crippen molar-refractivity contribution in [1.29, 1.82) is 0 Å². The average Bonchev–Trinajstić information content (AvgIpc) is 2.71. The van der Waals surface area contributed by atoms with Crippen LogP contribution in [-0.2, 0) is 28.6 Å². The summed E-state index contributed by atoms with van der Waals surface area (Å²) in [5.74, 6) is -2.74. The summed E-state index contributed by atoms with van der Waals surface area (Å²) in [4.78, 5) is 49.7. The third-order valence-corrected chi connectivity index (χ3v) is 4.10. The van der Waals surface area contributed by atoms with Crippen molar-refractivity contribution in [2.75, 3.05) is 19.8 Å². The van der Waals surface area contributed by atoms with Crippen molar-refractivity contribution in [2.45, 2.75) is 52.0 Å². The molecule has 0 aliphatic heterocycles. The van der Waals surface area contributed by atoms with Crippen LogP contribution >= 0.6 is 0 Å². The third kappa shape index (κ3) is 7.21. The minimum Gasteiger partial charge on any atom is -0.466 e. The van der Waals surface area contributed by atoms with Gasteiger partial charge in [0, 0.05) is 12.0 Å². The Morgan fingerprint density at radius 3 is 1.90 bits per heavy atom. The van der Waals surface area contributed by atoms with Crippen molar-refractivity contribution in [3.63, 3.8) is 0 Å². The molecule has 1 aromatic carbocycles. The highest BCUT2D eigenvalue weighted by Gasteiger charge is 2.50. The summed E-state index contributed by atoms with van der Waals surface area (Å²) in [5, 5.41) is 2.53. The third-order valence-electron chi connectivity index (χ3n) is 4.10. The zero-order valence-electron chi connectivity index (χ0n) is 17.2. The standard InChI is InChI=1S/C21H29NO7/c1-4-27-17(23)14-10-11-15-21(19(25)28-5-2,20(26)29-6-3)22-18(24)16-12-8-7-9-13-16/h7-9,12-13H,4-6,10-11,14-15H2,1-3H3,(H,22,24). The normalized spacial score (nSPS) is 10.7. The SMILES string of the molecule is CCOC(=O)CCCCC(NC(=O)c1ccccc1)(C(=O)OCC)C(=O)OCC. The molecule has 1 N–H and O–H groups in total. The maximum Gasteiger partial charge on any atom is 0.343 e. The molecule has 0 bridgehead atoms. The van der Waals surface area contributed by atoms with Crippen molar-refractivity contribution >= 4 is 23.8 Å². The Kier molecular flexibility index (Phi) is 10.4. The minimum absolute atomic E-state index is 0.0318. The van der Waals surface area contributed by atoms with E-state index in [1.807, 2.05) is 0 Å². The molecule has 0 saturated carbocycles. The summed E-state index contributed by atoms with van der Waals surface area (Å²) < 4.78 is 15.0. The van der Waals surface area contributed by atoms with Gasteiger partial charge in [-0.1, -0.05) is 18.2 Å². The lowest BCUT2D eigenvalue weighted by Gasteiger charge is -2.30. The van der Waals surface area contributed by atoms with E-state index in [4.69, 9.17) is 14.2 Å². The van der Waals surface area contributed by atoms with Gasteiger partial charge in [0.25, 0.3) is 5.91 Å². The first-order valence-electron chi connectivity index (χ1n) is 9.78. The van der Waals surface area contributed by atoms with Crippen molar-refractivity contribution in [3.05, 3.63) is 35.9 Å². The molecule has 8 heteroatoms. The fraction of sp³-hybridized carbons (Fsp3) is 0.524. The smallest absolute Gasteiger partial charge is 0.343 e. The molecule has 0 radical (unpaired) electrons. The van der Waals surface area contributed by atoms with E-state index in [1.165, 1.54) is 0 Å². The first-order chi connectivity index (χ1) is 13.9. The molecule has 0 aliphatic rings. The van der Waals surface area contributed by atoms with Crippen LogP contribution in [0.4, 0.5) is 0 Å². The van der Waals surface area contributed by atoms with Crippen LogP contribution < -0.4 is 5.32 Å². The number of unbranched alkanes of at least 4 members (excludes halogenated alkanes) is 1. The second-order valence-corrected chi connectivity index (χ2v) is 6.18. The molecule has 0 fully saturated rings. The summed E-state index contributed by atoms with van der Waals surface area (Å²) in [7, 11) is 0. The van der Waals surface area contributed by atoms with Crippen molar-refractivity contribution in [3.8, 4) is 0 Å². The molecule has 0 unspecified atom stereocenters. The van der Waals surface area contributed by atoms with Gasteiger partial charge in [-0.15, -0.1) is 0 Å². The Labute approximate surface area is 170 Å². The maximum atomic E-state index is 12.7. The van der Waals surface area contributed by atoms with Gasteiger partial charge in [0.15, 0.2) is 0 Å². The number of esters is 3. The first-order valence-corrected chi connectivity index (χ1v) is 9.78. The van der Waals surface area contributed by atoms with Gasteiger partial charge in [-0.25, -0.2) is 9.59 Å². The highest BCUT2D eigenvalue weighted by Crippen LogP contribution is 2.21. The van der Waals surface area contributed by atoms with Gasteiger partial charge in [-0.2, -0.15) is 0 Å². The van der Waals surface area contributed by atoms with Crippen LogP contribution in [0.2, 0.25) is 0 Å². The molecule has 160 valence electrons. The van der Waals surface area contributed by atoms with Gasteiger partial charge < -0.3 is 19.5 Å². The van der Waals surface area contributed by atoms with E-state index in [0.29, 0.717) is 12.8 Å². The van der Waals surface area contributed by atoms with E-state index in [9.17, 15) is 19.2 Å². The van der Waals surface area contributed by atoms with E-state index >= 15 is 0 Å². The highest BCUT2D eigenvalue weighted by molar-refractivity contribution is 6.10. The van der Waals surface area contributed by atoms with Gasteiger partial charge in [-0.05, 0) is 52.2 Å². The number of nitrogens with one attached hydrogen (secondary N) is 1. The van der Waals surface area contributed by atoms with Crippen molar-refractivity contribution < 1.29 is 33.4 Å². The summed E-state index contributed by atoms with van der Waals surface area (Å²) in [5.41, 5.74) is -1.70. The quantitative estimate of drug-likeness (QED) is 0.245. The van der Waals surface area contributed by atoms with E-state index < -0.39 is 23.4 Å². The number of carbonyl (C=O) groups is 4. The van der Waals surface area contributed by atoms with Crippen LogP contribution in [-0.4, -0.2) is 49.2 Å². The Bertz CT molecular complexity index is 670. The second kappa shape index (κ2) is 12.5. The molecule has 1 aromatic rings. The number of ether oxygens (including phenoxy) is 3. The largest absolute Gasteiger partial charge is 0.466 e. The highest BCUT2D eigenvalue weighted by atomic mass is 16.6. The van der Waals surface area contributed by atoms with Gasteiger partial charge in [0.1, 0.15) is 0 Å². The molecule has 0 aliphatic carbocycles. The summed E-state index contributed by atoms with van der Waals surface area (Å²) in [6.07, 6.45) is 0.747. The van der Waals surface area contributed by atoms with Gasteiger partial charge in [0.05, 0.1) is 19.8 Å². The maximum absolute atomic E-state index is 12.7. The molecule has 8 nitrogen and oxygen atoms in total. The Morgan fingerprint density at radius 2 is 1.38 bits per heavy atom. The molecule has 29 heavy (non-hydrogen) atoms. The Balaban J connectivity index is 3.07. The molecule has 1 rings (SSSR count). The minimum atomic E-state index is -1.99. The predicted octanol–water partition coefficient (Wildman–Crippen LogP) is 2.40. The van der Waals surface area contributed by atoms with Crippen LogP contribution in [0.25, 0.3) is 0 Å². The number of carbonyl (C=O) groups excluding carboxylic acids is 4. The zero-order valence-corrected chi connectivity index (χ0v) is 17.2. The fourth-order valence-corrected chi connectivity index (χ4v) is 2.71. The van der Waals surface area contributed by atoms with Gasteiger partial charge >= 0.3 is 17.9 Å². The van der Waals surface area contributed by atoms with E-state index in [-0.39, 0.29) is 44.2 Å². The van der Waals surface area contributed by atoms with Crippen molar-refractivity contribution in [2.24, 2.45) is 0 Å². The molecular formula is C21H29NO7. The van der Waals surface area contributed by atoms with Crippen LogP contribution in [0, 0.1) is 0 Å². The lowest BCUT2D eigenvalue weighted by molar-refractivity contribution is -0.166. The molecular weight excluding hydrogens is 378 g/mol. The van der Waals surface area contributed by atoms with E-state index in [0.717, 1.165) is 0 Å². The van der Waals surface area contributed by atoms with Gasteiger partial charge in [0.2, 0.25) is 5.54 Å². The topological polar surface area (TPSA) is 108 Å². The second-order valence-electron chi connectivity index (χ2n) is 6.18. The number of amides is 1. The summed E-state index contributed by atoms with van der Waals surface area (Å²) in [6, 6.07) is 8.22. The average molecular weight is 407 g/mol. The van der Waals surface area contributed by atoms with Crippen LogP contribution in [0.1, 0.15) is 56.8 Å². The first kappa shape index (κ1) is 24.1. The van der Waals surface area contributed by atoms with Gasteiger partial charge in [-0.3, -0.25) is 9.59 Å². The monoisotopic (exact) mass is 407 g/mol.